The second-order valence-electron chi connectivity index (χ2n) is 5.30. The van der Waals surface area contributed by atoms with Crippen LogP contribution in [0.4, 0.5) is 0 Å². The molecule has 0 aliphatic rings. The topological polar surface area (TPSA) is 49.7 Å². The molecular formula is C8H22O3Si2. The Morgan fingerprint density at radius 2 is 1.46 bits per heavy atom. The zero-order chi connectivity index (χ0) is 10.9. The van der Waals surface area contributed by atoms with Crippen molar-refractivity contribution in [3.8, 4) is 0 Å². The molecule has 0 aromatic carbocycles. The van der Waals surface area contributed by atoms with Crippen LogP contribution in [0.25, 0.3) is 0 Å². The van der Waals surface area contributed by atoms with Crippen molar-refractivity contribution in [2.75, 3.05) is 0 Å². The summed E-state index contributed by atoms with van der Waals surface area (Å²) in [4.78, 5) is 19.3. The Balaban J connectivity index is 4.25. The molecule has 0 radical (unpaired) electrons. The molecule has 3 nitrogen and oxygen atoms in total. The predicted octanol–water partition coefficient (Wildman–Crippen LogP) is 1.67. The smallest absolute Gasteiger partial charge is 0.329 e. The summed E-state index contributed by atoms with van der Waals surface area (Å²) in [6.45, 7) is 11.1. The van der Waals surface area contributed by atoms with E-state index in [-0.39, 0.29) is 0 Å². The van der Waals surface area contributed by atoms with E-state index in [2.05, 4.69) is 0 Å². The lowest BCUT2D eigenvalue weighted by molar-refractivity contribution is 0.0862. The maximum atomic E-state index is 9.74. The van der Waals surface area contributed by atoms with Gasteiger partial charge in [0.05, 0.1) is 5.60 Å². The van der Waals surface area contributed by atoms with Gasteiger partial charge in [-0.2, -0.15) is 0 Å². The highest BCUT2D eigenvalue weighted by atomic mass is 28.4. The molecule has 0 bridgehead atoms. The van der Waals surface area contributed by atoms with Crippen LogP contribution in [-0.4, -0.2) is 32.1 Å². The molecule has 0 amide bonds. The molecule has 13 heavy (non-hydrogen) atoms. The van der Waals surface area contributed by atoms with Crippen LogP contribution < -0.4 is 0 Å². The van der Waals surface area contributed by atoms with Crippen molar-refractivity contribution in [1.82, 2.24) is 0 Å². The summed E-state index contributed by atoms with van der Waals surface area (Å²) in [5, 5.41) is 0. The van der Waals surface area contributed by atoms with E-state index in [0.29, 0.717) is 6.04 Å². The van der Waals surface area contributed by atoms with Crippen LogP contribution in [0.15, 0.2) is 0 Å². The van der Waals surface area contributed by atoms with Crippen molar-refractivity contribution in [3.05, 3.63) is 0 Å². The molecule has 0 aliphatic carbocycles. The van der Waals surface area contributed by atoms with E-state index in [1.54, 1.807) is 13.1 Å². The Bertz CT molecular complexity index is 149. The van der Waals surface area contributed by atoms with Gasteiger partial charge >= 0.3 is 8.56 Å². The number of hydrogen-bond donors (Lipinski definition) is 2. The Morgan fingerprint density at radius 1 is 1.08 bits per heavy atom. The summed E-state index contributed by atoms with van der Waals surface area (Å²) in [7, 11) is -4.59. The van der Waals surface area contributed by atoms with Crippen molar-refractivity contribution in [1.29, 1.82) is 0 Å². The van der Waals surface area contributed by atoms with Crippen LogP contribution in [0.2, 0.25) is 32.2 Å². The van der Waals surface area contributed by atoms with Crippen LogP contribution in [0, 0.1) is 0 Å². The fraction of sp³-hybridized carbons (Fsp3) is 1.00. The lowest BCUT2D eigenvalue weighted by atomic mass is 10.2. The van der Waals surface area contributed by atoms with Crippen LogP contribution in [0.3, 0.4) is 0 Å². The van der Waals surface area contributed by atoms with E-state index in [1.165, 1.54) is 0 Å². The Morgan fingerprint density at radius 3 is 1.69 bits per heavy atom. The fourth-order valence-corrected chi connectivity index (χ4v) is 5.48. The first-order chi connectivity index (χ1) is 5.41. The largest absolute Gasteiger partial charge is 0.432 e. The molecule has 0 aromatic heterocycles. The second-order valence-corrected chi connectivity index (χ2v) is 12.4. The van der Waals surface area contributed by atoms with Gasteiger partial charge in [-0.05, 0) is 46.1 Å². The lowest BCUT2D eigenvalue weighted by Crippen LogP contribution is -2.45. The Labute approximate surface area is 83.1 Å². The molecule has 80 valence electrons. The van der Waals surface area contributed by atoms with Gasteiger partial charge in [-0.3, -0.25) is 0 Å². The normalized spacial score (nSPS) is 14.8. The van der Waals surface area contributed by atoms with Gasteiger partial charge in [0.1, 0.15) is 0 Å². The minimum absolute atomic E-state index is 0.408. The van der Waals surface area contributed by atoms with E-state index >= 15 is 0 Å². The van der Waals surface area contributed by atoms with E-state index in [4.69, 9.17) is 4.43 Å². The molecule has 0 spiro atoms. The third kappa shape index (κ3) is 8.64. The zero-order valence-corrected chi connectivity index (χ0v) is 11.5. The maximum Gasteiger partial charge on any atom is 0.329 e. The third-order valence-electron chi connectivity index (χ3n) is 1.38. The molecule has 5 heteroatoms. The van der Waals surface area contributed by atoms with Gasteiger partial charge in [0.2, 0.25) is 0 Å². The van der Waals surface area contributed by atoms with Crippen molar-refractivity contribution < 1.29 is 14.0 Å². The standard InChI is InChI=1S/C8H22O3Si2/c1-8(2,7-12(3,4)9)11-13(5,6)10/h9-10H,7H2,1-6H3. The monoisotopic (exact) mass is 222 g/mol. The van der Waals surface area contributed by atoms with Crippen LogP contribution in [-0.2, 0) is 4.43 Å². The van der Waals surface area contributed by atoms with E-state index in [1.807, 2.05) is 26.9 Å². The maximum absolute atomic E-state index is 9.74. The molecule has 0 atom stereocenters. The summed E-state index contributed by atoms with van der Waals surface area (Å²) in [5.41, 5.74) is -0.408. The molecule has 0 saturated carbocycles. The summed E-state index contributed by atoms with van der Waals surface area (Å²) in [6, 6.07) is 0.650. The summed E-state index contributed by atoms with van der Waals surface area (Å²) in [5.74, 6) is 0. The number of hydrogen-bond acceptors (Lipinski definition) is 3. The highest BCUT2D eigenvalue weighted by molar-refractivity contribution is 6.70. The lowest BCUT2D eigenvalue weighted by Gasteiger charge is -2.34. The van der Waals surface area contributed by atoms with Crippen LogP contribution >= 0.6 is 0 Å². The average Bonchev–Trinajstić information content (AvgIpc) is 1.43. The molecule has 0 rings (SSSR count). The number of rotatable bonds is 4. The van der Waals surface area contributed by atoms with E-state index < -0.39 is 22.5 Å². The van der Waals surface area contributed by atoms with Gasteiger partial charge in [-0.1, -0.05) is 0 Å². The van der Waals surface area contributed by atoms with Crippen molar-refractivity contribution in [3.63, 3.8) is 0 Å². The summed E-state index contributed by atoms with van der Waals surface area (Å²) in [6.07, 6.45) is 0. The fourth-order valence-electron chi connectivity index (χ4n) is 1.75. The predicted molar refractivity (Wildman–Crippen MR) is 59.4 cm³/mol. The average molecular weight is 222 g/mol. The van der Waals surface area contributed by atoms with Crippen molar-refractivity contribution in [2.24, 2.45) is 0 Å². The van der Waals surface area contributed by atoms with Gasteiger partial charge < -0.3 is 14.0 Å². The first kappa shape index (κ1) is 13.3. The van der Waals surface area contributed by atoms with Crippen molar-refractivity contribution >= 4 is 16.9 Å². The molecule has 0 heterocycles. The third-order valence-corrected chi connectivity index (χ3v) is 4.15. The highest BCUT2D eigenvalue weighted by Crippen LogP contribution is 2.25. The van der Waals surface area contributed by atoms with Crippen molar-refractivity contribution in [2.45, 2.75) is 51.7 Å². The minimum atomic E-state index is -2.48. The highest BCUT2D eigenvalue weighted by Gasteiger charge is 2.35. The zero-order valence-electron chi connectivity index (χ0n) is 9.51. The SMILES string of the molecule is CC(C)(C[Si](C)(C)O)O[Si](C)(C)O. The molecule has 2 N–H and O–H groups in total. The van der Waals surface area contributed by atoms with Gasteiger partial charge in [0, 0.05) is 0 Å². The summed E-state index contributed by atoms with van der Waals surface area (Å²) < 4.78 is 5.57. The first-order valence-electron chi connectivity index (χ1n) is 4.56. The molecule has 0 saturated heterocycles. The van der Waals surface area contributed by atoms with Crippen LogP contribution in [0.1, 0.15) is 13.8 Å². The van der Waals surface area contributed by atoms with Gasteiger partial charge in [-0.15, -0.1) is 0 Å². The molecular weight excluding hydrogens is 200 g/mol. The quantitative estimate of drug-likeness (QED) is 0.712. The van der Waals surface area contributed by atoms with Crippen LogP contribution in [0.5, 0.6) is 0 Å². The minimum Gasteiger partial charge on any atom is -0.432 e. The molecule has 0 unspecified atom stereocenters. The Kier molecular flexibility index (Phi) is 3.91. The Hall–Kier alpha value is 0.314. The molecule has 0 aromatic rings. The van der Waals surface area contributed by atoms with Gasteiger partial charge in [0.25, 0.3) is 0 Å². The summed E-state index contributed by atoms with van der Waals surface area (Å²) >= 11 is 0. The van der Waals surface area contributed by atoms with Gasteiger partial charge in [-0.25, -0.2) is 0 Å². The second kappa shape index (κ2) is 3.82. The molecule has 0 fully saturated rings. The first-order valence-corrected chi connectivity index (χ1v) is 10.6. The van der Waals surface area contributed by atoms with E-state index in [0.717, 1.165) is 0 Å². The van der Waals surface area contributed by atoms with E-state index in [9.17, 15) is 9.59 Å². The van der Waals surface area contributed by atoms with Gasteiger partial charge in [0.15, 0.2) is 8.32 Å². The molecule has 0 aliphatic heterocycles.